The number of rotatable bonds is 6. The van der Waals surface area contributed by atoms with Crippen LogP contribution >= 0.6 is 11.6 Å². The lowest BCUT2D eigenvalue weighted by Gasteiger charge is -2.23. The summed E-state index contributed by atoms with van der Waals surface area (Å²) < 4.78 is 14.0. The smallest absolute Gasteiger partial charge is 0.155 e. The van der Waals surface area contributed by atoms with Gasteiger partial charge in [0.15, 0.2) is 6.29 Å². The molecule has 0 bridgehead atoms. The van der Waals surface area contributed by atoms with E-state index in [9.17, 15) is 14.3 Å². The maximum atomic E-state index is 12.5. The number of aromatic nitrogens is 2. The number of nitrogens with two attached hydrogens (primary N) is 1. The van der Waals surface area contributed by atoms with E-state index < -0.39 is 5.60 Å². The number of fused-ring (bicyclic) bond motifs is 1. The first-order valence-corrected chi connectivity index (χ1v) is 11.4. The summed E-state index contributed by atoms with van der Waals surface area (Å²) >= 11 is 5.48. The van der Waals surface area contributed by atoms with E-state index >= 15 is 0 Å². The molecule has 10 heteroatoms. The van der Waals surface area contributed by atoms with Crippen molar-refractivity contribution in [1.29, 1.82) is 10.8 Å². The summed E-state index contributed by atoms with van der Waals surface area (Å²) in [6, 6.07) is 4.49. The van der Waals surface area contributed by atoms with Gasteiger partial charge in [-0.2, -0.15) is 5.10 Å². The molecule has 2 unspecified atom stereocenters. The fourth-order valence-electron chi connectivity index (χ4n) is 5.05. The van der Waals surface area contributed by atoms with E-state index in [2.05, 4.69) is 10.4 Å². The Hall–Kier alpha value is -3.04. The molecule has 2 aliphatic rings. The number of carbonyl (C=O) groups is 1. The molecule has 0 spiro atoms. The van der Waals surface area contributed by atoms with Gasteiger partial charge in [0.1, 0.15) is 17.2 Å². The van der Waals surface area contributed by atoms with Crippen molar-refractivity contribution in [3.05, 3.63) is 52.4 Å². The fraction of sp³-hybridized carbons (Fsp3) is 0.417. The molecule has 34 heavy (non-hydrogen) atoms. The lowest BCUT2D eigenvalue weighted by atomic mass is 9.88. The predicted molar refractivity (Wildman–Crippen MR) is 133 cm³/mol. The van der Waals surface area contributed by atoms with Crippen LogP contribution in [0.15, 0.2) is 30.4 Å². The quantitative estimate of drug-likeness (QED) is 0.306. The number of nitrogen functional groups attached to an aromatic ring is 1. The Morgan fingerprint density at radius 2 is 2.03 bits per heavy atom. The van der Waals surface area contributed by atoms with E-state index in [0.717, 1.165) is 36.7 Å². The van der Waals surface area contributed by atoms with E-state index in [0.29, 0.717) is 36.1 Å². The minimum Gasteiger partial charge on any atom is -0.388 e. The van der Waals surface area contributed by atoms with Crippen LogP contribution in [0.25, 0.3) is 0 Å². The van der Waals surface area contributed by atoms with Crippen LogP contribution in [0.4, 0.5) is 15.9 Å². The van der Waals surface area contributed by atoms with Gasteiger partial charge in [0.2, 0.25) is 0 Å². The van der Waals surface area contributed by atoms with Crippen LogP contribution in [0.2, 0.25) is 5.02 Å². The average Bonchev–Trinajstić information content (AvgIpc) is 3.43. The Kier molecular flexibility index (Phi) is 7.89. The Morgan fingerprint density at radius 3 is 2.56 bits per heavy atom. The molecule has 0 radical (unpaired) electrons. The van der Waals surface area contributed by atoms with Gasteiger partial charge in [0.05, 0.1) is 22.0 Å². The number of allylic oxidation sites excluding steroid dienone is 1. The number of aliphatic hydroxyl groups is 1. The number of carbonyl (C=O) groups excluding carboxylic acids is 1. The second kappa shape index (κ2) is 10.5. The second-order valence-electron chi connectivity index (χ2n) is 8.87. The maximum absolute atomic E-state index is 12.5. The average molecular weight is 489 g/mol. The van der Waals surface area contributed by atoms with Crippen LogP contribution in [0.3, 0.4) is 0 Å². The number of halogens is 2. The number of anilines is 2. The summed E-state index contributed by atoms with van der Waals surface area (Å²) in [5.74, 6) is 0.820. The molecule has 1 aromatic heterocycles. The van der Waals surface area contributed by atoms with Crippen LogP contribution in [-0.4, -0.2) is 45.7 Å². The molecule has 0 amide bonds. The normalized spacial score (nSPS) is 25.5. The number of hydrogen-bond acceptors (Lipinski definition) is 7. The summed E-state index contributed by atoms with van der Waals surface area (Å²) in [5.41, 5.74) is 7.04. The molecular formula is C24H30ClFN6O2. The van der Waals surface area contributed by atoms with E-state index in [1.165, 1.54) is 24.3 Å². The highest BCUT2D eigenvalue weighted by molar-refractivity contribution is 6.31. The molecule has 8 nitrogen and oxygen atoms in total. The van der Waals surface area contributed by atoms with Crippen LogP contribution in [-0.2, 0) is 7.05 Å². The molecule has 0 aliphatic heterocycles. The minimum atomic E-state index is -1.10. The number of benzene rings is 1. The van der Waals surface area contributed by atoms with E-state index in [1.54, 1.807) is 24.8 Å². The third-order valence-corrected chi connectivity index (χ3v) is 7.06. The molecule has 2 fully saturated rings. The van der Waals surface area contributed by atoms with E-state index in [1.807, 2.05) is 0 Å². The van der Waals surface area contributed by atoms with Gasteiger partial charge < -0.3 is 27.0 Å². The van der Waals surface area contributed by atoms with Gasteiger partial charge in [-0.25, -0.2) is 4.39 Å². The number of aldehydes is 1. The summed E-state index contributed by atoms with van der Waals surface area (Å²) in [7, 11) is 3.49. The van der Waals surface area contributed by atoms with Crippen molar-refractivity contribution in [2.75, 3.05) is 18.1 Å². The van der Waals surface area contributed by atoms with Crippen molar-refractivity contribution in [3.8, 4) is 0 Å². The second-order valence-corrected chi connectivity index (χ2v) is 9.28. The number of hydrogen-bond donors (Lipinski definition) is 5. The van der Waals surface area contributed by atoms with Gasteiger partial charge in [-0.15, -0.1) is 0 Å². The standard InChI is InChI=1S/C17H23N5O2.C7H7ClFN/c1-22-16(20)13(9-23)15(21-22)10-5-11-7-17(24,8-12(11)6-10)14(19)3-2-4-18;1-10-5-2-3-7(9)6(8)4-5/h2-4,9-12,18-19,24H,5-8,20H2,1H3;2-4,10H,1H3/b3-2-,18-4?,19-14?;. The zero-order chi connectivity index (χ0) is 25.0. The van der Waals surface area contributed by atoms with Crippen molar-refractivity contribution >= 4 is 41.3 Å². The molecule has 2 aliphatic carbocycles. The van der Waals surface area contributed by atoms with E-state index in [-0.39, 0.29) is 22.5 Å². The Balaban J connectivity index is 0.000000271. The first-order chi connectivity index (χ1) is 16.1. The number of nitrogens with one attached hydrogen (secondary N) is 3. The molecule has 2 saturated carbocycles. The van der Waals surface area contributed by atoms with Gasteiger partial charge >= 0.3 is 0 Å². The first kappa shape index (κ1) is 25.6. The van der Waals surface area contributed by atoms with Crippen molar-refractivity contribution in [3.63, 3.8) is 0 Å². The summed E-state index contributed by atoms with van der Waals surface area (Å²) in [6.07, 6.45) is 7.65. The molecular weight excluding hydrogens is 459 g/mol. The van der Waals surface area contributed by atoms with Crippen molar-refractivity contribution in [1.82, 2.24) is 9.78 Å². The Bertz CT molecular complexity index is 1100. The summed E-state index contributed by atoms with van der Waals surface area (Å²) in [4.78, 5) is 11.3. The molecule has 2 aromatic rings. The number of nitrogens with zero attached hydrogens (tertiary/aromatic N) is 2. The zero-order valence-corrected chi connectivity index (χ0v) is 19.9. The predicted octanol–water partition coefficient (Wildman–Crippen LogP) is 4.20. The van der Waals surface area contributed by atoms with Gasteiger partial charge in [0, 0.05) is 31.9 Å². The van der Waals surface area contributed by atoms with Gasteiger partial charge in [0.25, 0.3) is 0 Å². The van der Waals surface area contributed by atoms with Crippen molar-refractivity contribution in [2.45, 2.75) is 37.2 Å². The summed E-state index contributed by atoms with van der Waals surface area (Å²) in [6.45, 7) is 0. The van der Waals surface area contributed by atoms with E-state index in [4.69, 9.17) is 28.2 Å². The van der Waals surface area contributed by atoms with Gasteiger partial charge in [-0.05, 0) is 67.9 Å². The highest BCUT2D eigenvalue weighted by Gasteiger charge is 2.51. The number of aryl methyl sites for hydroxylation is 1. The monoisotopic (exact) mass is 488 g/mol. The molecule has 182 valence electrons. The van der Waals surface area contributed by atoms with Gasteiger partial charge in [-0.3, -0.25) is 9.48 Å². The topological polar surface area (TPSA) is 141 Å². The Morgan fingerprint density at radius 1 is 1.38 bits per heavy atom. The molecule has 6 N–H and O–H groups in total. The van der Waals surface area contributed by atoms with Crippen LogP contribution in [0.1, 0.15) is 47.7 Å². The largest absolute Gasteiger partial charge is 0.388 e. The molecule has 1 heterocycles. The highest BCUT2D eigenvalue weighted by atomic mass is 35.5. The van der Waals surface area contributed by atoms with Crippen molar-refractivity contribution in [2.24, 2.45) is 18.9 Å². The summed E-state index contributed by atoms with van der Waals surface area (Å²) in [5, 5.41) is 33.2. The zero-order valence-electron chi connectivity index (χ0n) is 19.2. The third kappa shape index (κ3) is 5.20. The molecule has 4 rings (SSSR count). The van der Waals surface area contributed by atoms with Crippen LogP contribution < -0.4 is 11.1 Å². The lowest BCUT2D eigenvalue weighted by molar-refractivity contribution is 0.109. The molecule has 1 aromatic carbocycles. The van der Waals surface area contributed by atoms with Gasteiger partial charge in [-0.1, -0.05) is 11.6 Å². The molecule has 2 atom stereocenters. The fourth-order valence-corrected chi connectivity index (χ4v) is 5.23. The molecule has 0 saturated heterocycles. The lowest BCUT2D eigenvalue weighted by Crippen LogP contribution is -2.34. The maximum Gasteiger partial charge on any atom is 0.155 e. The minimum absolute atomic E-state index is 0.145. The van der Waals surface area contributed by atoms with Crippen LogP contribution in [0.5, 0.6) is 0 Å². The Labute approximate surface area is 203 Å². The third-order valence-electron chi connectivity index (χ3n) is 6.77. The SMILES string of the molecule is CNc1ccc(F)c(Cl)c1.Cn1nc(C2CC3CC(O)(C(=N)/C=C\C=N)CC3C2)c(C=O)c1N. The van der Waals surface area contributed by atoms with Crippen molar-refractivity contribution < 1.29 is 14.3 Å². The van der Waals surface area contributed by atoms with Crippen LogP contribution in [0, 0.1) is 28.5 Å². The highest BCUT2D eigenvalue weighted by Crippen LogP contribution is 2.54. The first-order valence-electron chi connectivity index (χ1n) is 11.0.